The summed E-state index contributed by atoms with van der Waals surface area (Å²) in [5.41, 5.74) is 1.84. The summed E-state index contributed by atoms with van der Waals surface area (Å²) in [6.07, 6.45) is 0.366. The van der Waals surface area contributed by atoms with E-state index >= 15 is 0 Å². The van der Waals surface area contributed by atoms with Gasteiger partial charge >= 0.3 is 0 Å². The number of piperazine rings is 1. The molecule has 1 aliphatic heterocycles. The van der Waals surface area contributed by atoms with Crippen LogP contribution in [0, 0.1) is 13.8 Å². The highest BCUT2D eigenvalue weighted by Crippen LogP contribution is 2.19. The number of nitrogens with one attached hydrogen (secondary N) is 1. The first-order valence-corrected chi connectivity index (χ1v) is 12.4. The Morgan fingerprint density at radius 2 is 1.48 bits per heavy atom. The summed E-state index contributed by atoms with van der Waals surface area (Å²) in [6.45, 7) is 6.38. The van der Waals surface area contributed by atoms with Crippen molar-refractivity contribution < 1.29 is 22.8 Å². The minimum Gasteiger partial charge on any atom is -0.339 e. The summed E-state index contributed by atoms with van der Waals surface area (Å²) >= 11 is 0. The van der Waals surface area contributed by atoms with E-state index in [1.807, 2.05) is 6.92 Å². The van der Waals surface area contributed by atoms with E-state index in [4.69, 9.17) is 0 Å². The summed E-state index contributed by atoms with van der Waals surface area (Å²) in [6, 6.07) is 12.9. The number of benzene rings is 2. The van der Waals surface area contributed by atoms with Crippen LogP contribution in [0.1, 0.15) is 34.8 Å². The van der Waals surface area contributed by atoms with Gasteiger partial charge < -0.3 is 15.1 Å². The lowest BCUT2D eigenvalue weighted by molar-refractivity contribution is -0.139. The number of hydrogen-bond acceptors (Lipinski definition) is 5. The molecule has 8 nitrogen and oxygen atoms in total. The standard InChI is InChI=1S/C24H29N3O5S/c1-4-21(28)26-13-15-27(16-14-26)24(30)23(25-22(29)20-8-6-5-7-18(20)3)33(31,32)19-11-9-17(2)10-12-19/h5-12,23H,4,13-16H2,1-3H3,(H,25,29). The number of amides is 3. The maximum atomic E-state index is 13.5. The monoisotopic (exact) mass is 471 g/mol. The van der Waals surface area contributed by atoms with Gasteiger partial charge in [0, 0.05) is 38.2 Å². The first kappa shape index (κ1) is 24.4. The molecule has 0 spiro atoms. The van der Waals surface area contributed by atoms with Crippen molar-refractivity contribution in [3.05, 3.63) is 65.2 Å². The molecule has 1 aliphatic rings. The molecule has 0 aromatic heterocycles. The molecular weight excluding hydrogens is 442 g/mol. The van der Waals surface area contributed by atoms with Crippen LogP contribution in [0.4, 0.5) is 0 Å². The second kappa shape index (κ2) is 10.2. The van der Waals surface area contributed by atoms with E-state index in [0.717, 1.165) is 5.56 Å². The molecule has 0 aliphatic carbocycles. The second-order valence-corrected chi connectivity index (χ2v) is 10.1. The molecule has 1 saturated heterocycles. The van der Waals surface area contributed by atoms with Gasteiger partial charge in [0.1, 0.15) is 0 Å². The number of rotatable bonds is 6. The third-order valence-corrected chi connectivity index (χ3v) is 7.65. The van der Waals surface area contributed by atoms with E-state index in [9.17, 15) is 22.8 Å². The molecule has 1 unspecified atom stereocenters. The van der Waals surface area contributed by atoms with Crippen LogP contribution in [0.15, 0.2) is 53.4 Å². The van der Waals surface area contributed by atoms with Gasteiger partial charge in [-0.15, -0.1) is 0 Å². The van der Waals surface area contributed by atoms with E-state index in [2.05, 4.69) is 5.32 Å². The zero-order valence-corrected chi connectivity index (χ0v) is 19.9. The van der Waals surface area contributed by atoms with E-state index in [-0.39, 0.29) is 23.9 Å². The van der Waals surface area contributed by atoms with Crippen LogP contribution in [0.25, 0.3) is 0 Å². The van der Waals surface area contributed by atoms with Gasteiger partial charge in [0.2, 0.25) is 21.1 Å². The summed E-state index contributed by atoms with van der Waals surface area (Å²) < 4.78 is 26.9. The maximum Gasteiger partial charge on any atom is 0.261 e. The number of sulfone groups is 1. The SMILES string of the molecule is CCC(=O)N1CCN(C(=O)C(NC(=O)c2ccccc2C)S(=O)(=O)c2ccc(C)cc2)CC1. The molecule has 2 aromatic rings. The van der Waals surface area contributed by atoms with Crippen molar-refractivity contribution >= 4 is 27.6 Å². The van der Waals surface area contributed by atoms with Crippen molar-refractivity contribution in [2.45, 2.75) is 37.5 Å². The topological polar surface area (TPSA) is 104 Å². The molecule has 1 N–H and O–H groups in total. The highest BCUT2D eigenvalue weighted by Gasteiger charge is 2.39. The summed E-state index contributed by atoms with van der Waals surface area (Å²) in [4.78, 5) is 41.3. The minimum atomic E-state index is -4.22. The van der Waals surface area contributed by atoms with Gasteiger partial charge in [0.25, 0.3) is 11.8 Å². The molecule has 1 heterocycles. The van der Waals surface area contributed by atoms with Crippen molar-refractivity contribution in [3.8, 4) is 0 Å². The zero-order chi connectivity index (χ0) is 24.2. The average molecular weight is 472 g/mol. The molecule has 176 valence electrons. The highest BCUT2D eigenvalue weighted by molar-refractivity contribution is 7.92. The Balaban J connectivity index is 1.91. The van der Waals surface area contributed by atoms with Crippen LogP contribution in [0.2, 0.25) is 0 Å². The molecular formula is C24H29N3O5S. The lowest BCUT2D eigenvalue weighted by Crippen LogP contribution is -2.57. The van der Waals surface area contributed by atoms with E-state index < -0.39 is 27.0 Å². The summed E-state index contributed by atoms with van der Waals surface area (Å²) in [5, 5.41) is 0.694. The predicted molar refractivity (Wildman–Crippen MR) is 124 cm³/mol. The quantitative estimate of drug-likeness (QED) is 0.693. The fourth-order valence-corrected chi connectivity index (χ4v) is 5.19. The number of nitrogens with zero attached hydrogens (tertiary/aromatic N) is 2. The van der Waals surface area contributed by atoms with Gasteiger partial charge in [0.05, 0.1) is 4.90 Å². The molecule has 0 saturated carbocycles. The van der Waals surface area contributed by atoms with Crippen molar-refractivity contribution in [2.24, 2.45) is 0 Å². The molecule has 2 aromatic carbocycles. The lowest BCUT2D eigenvalue weighted by atomic mass is 10.1. The number of hydrogen-bond donors (Lipinski definition) is 1. The first-order chi connectivity index (χ1) is 15.6. The van der Waals surface area contributed by atoms with Crippen molar-refractivity contribution in [3.63, 3.8) is 0 Å². The van der Waals surface area contributed by atoms with Gasteiger partial charge in [-0.25, -0.2) is 8.42 Å². The molecule has 0 bridgehead atoms. The third kappa shape index (κ3) is 5.42. The zero-order valence-electron chi connectivity index (χ0n) is 19.1. The Labute approximate surface area is 194 Å². The smallest absolute Gasteiger partial charge is 0.261 e. The predicted octanol–water partition coefficient (Wildman–Crippen LogP) is 1.91. The third-order valence-electron chi connectivity index (χ3n) is 5.78. The van der Waals surface area contributed by atoms with Gasteiger partial charge in [-0.2, -0.15) is 0 Å². The van der Waals surface area contributed by atoms with Gasteiger partial charge in [-0.3, -0.25) is 14.4 Å². The molecule has 1 atom stereocenters. The fourth-order valence-electron chi connectivity index (χ4n) is 3.73. The molecule has 33 heavy (non-hydrogen) atoms. The van der Waals surface area contributed by atoms with Crippen LogP contribution in [-0.2, 0) is 19.4 Å². The second-order valence-electron chi connectivity index (χ2n) is 8.09. The van der Waals surface area contributed by atoms with Crippen LogP contribution in [-0.4, -0.2) is 67.5 Å². The van der Waals surface area contributed by atoms with Crippen molar-refractivity contribution in [1.29, 1.82) is 0 Å². The van der Waals surface area contributed by atoms with E-state index in [1.54, 1.807) is 55.1 Å². The Bertz CT molecular complexity index is 1140. The van der Waals surface area contributed by atoms with Gasteiger partial charge in [-0.05, 0) is 37.6 Å². The number of carbonyl (C=O) groups excluding carboxylic acids is 3. The Kier molecular flexibility index (Phi) is 7.53. The van der Waals surface area contributed by atoms with Crippen molar-refractivity contribution in [2.75, 3.05) is 26.2 Å². The molecule has 9 heteroatoms. The maximum absolute atomic E-state index is 13.5. The summed E-state index contributed by atoms with van der Waals surface area (Å²) in [5.74, 6) is -1.36. The first-order valence-electron chi connectivity index (χ1n) is 10.9. The highest BCUT2D eigenvalue weighted by atomic mass is 32.2. The minimum absolute atomic E-state index is 0.0150. The number of carbonyl (C=O) groups is 3. The Morgan fingerprint density at radius 1 is 0.909 bits per heavy atom. The fraction of sp³-hybridized carbons (Fsp3) is 0.375. The van der Waals surface area contributed by atoms with Crippen molar-refractivity contribution in [1.82, 2.24) is 15.1 Å². The van der Waals surface area contributed by atoms with Crippen LogP contribution < -0.4 is 5.32 Å². The summed E-state index contributed by atoms with van der Waals surface area (Å²) in [7, 11) is -4.22. The van der Waals surface area contributed by atoms with Gasteiger partial charge in [-0.1, -0.05) is 42.8 Å². The van der Waals surface area contributed by atoms with Crippen LogP contribution >= 0.6 is 0 Å². The molecule has 1 fully saturated rings. The molecule has 0 radical (unpaired) electrons. The molecule has 3 amide bonds. The molecule has 3 rings (SSSR count). The normalized spacial score (nSPS) is 15.1. The largest absolute Gasteiger partial charge is 0.339 e. The van der Waals surface area contributed by atoms with Crippen LogP contribution in [0.3, 0.4) is 0 Å². The average Bonchev–Trinajstić information content (AvgIpc) is 2.82. The number of aryl methyl sites for hydroxylation is 2. The van der Waals surface area contributed by atoms with E-state index in [1.165, 1.54) is 17.0 Å². The van der Waals surface area contributed by atoms with Crippen LogP contribution in [0.5, 0.6) is 0 Å². The Hall–Kier alpha value is -3.20. The lowest BCUT2D eigenvalue weighted by Gasteiger charge is -2.36. The van der Waals surface area contributed by atoms with E-state index in [0.29, 0.717) is 30.6 Å². The Morgan fingerprint density at radius 3 is 2.06 bits per heavy atom. The van der Waals surface area contributed by atoms with Gasteiger partial charge in [0.15, 0.2) is 0 Å².